The van der Waals surface area contributed by atoms with E-state index in [1.807, 2.05) is 0 Å². The van der Waals surface area contributed by atoms with Crippen molar-refractivity contribution in [2.45, 2.75) is 85.0 Å². The second kappa shape index (κ2) is 12.4. The van der Waals surface area contributed by atoms with Gasteiger partial charge in [-0.3, -0.25) is 0 Å². The zero-order valence-electron chi connectivity index (χ0n) is 18.3. The van der Waals surface area contributed by atoms with Gasteiger partial charge in [0.1, 0.15) is 0 Å². The molecule has 29 heavy (non-hydrogen) atoms. The molecule has 0 radical (unpaired) electrons. The van der Waals surface area contributed by atoms with E-state index in [0.29, 0.717) is 5.92 Å². The monoisotopic (exact) mass is 396 g/mol. The lowest BCUT2D eigenvalue weighted by Crippen LogP contribution is -2.07. The predicted molar refractivity (Wildman–Crippen MR) is 119 cm³/mol. The van der Waals surface area contributed by atoms with Gasteiger partial charge in [0.2, 0.25) is 5.82 Å². The molecule has 0 amide bonds. The van der Waals surface area contributed by atoms with Gasteiger partial charge in [-0.1, -0.05) is 90.0 Å². The molecule has 0 fully saturated rings. The number of nitrogens with zero attached hydrogens (tertiary/aromatic N) is 2. The maximum absolute atomic E-state index is 11.4. The number of aryl methyl sites for hydroxylation is 1. The summed E-state index contributed by atoms with van der Waals surface area (Å²) in [6.07, 6.45) is 13.6. The van der Waals surface area contributed by atoms with E-state index in [9.17, 15) is 9.90 Å². The summed E-state index contributed by atoms with van der Waals surface area (Å²) in [6, 6.07) is 8.42. The second-order valence-corrected chi connectivity index (χ2v) is 8.16. The molecule has 0 aliphatic carbocycles. The number of rotatable bonds is 13. The first kappa shape index (κ1) is 23.1. The van der Waals surface area contributed by atoms with Gasteiger partial charge >= 0.3 is 5.97 Å². The van der Waals surface area contributed by atoms with Gasteiger partial charge in [0.05, 0.1) is 5.69 Å². The highest BCUT2D eigenvalue weighted by molar-refractivity contribution is 5.84. The largest absolute Gasteiger partial charge is 0.475 e. The smallest absolute Gasteiger partial charge is 0.373 e. The van der Waals surface area contributed by atoms with E-state index in [4.69, 9.17) is 0 Å². The zero-order valence-corrected chi connectivity index (χ0v) is 18.3. The number of aromatic carboxylic acids is 1. The fourth-order valence-corrected chi connectivity index (χ4v) is 3.56. The van der Waals surface area contributed by atoms with E-state index >= 15 is 0 Å². The van der Waals surface area contributed by atoms with E-state index in [-0.39, 0.29) is 5.82 Å². The van der Waals surface area contributed by atoms with Crippen LogP contribution in [0.2, 0.25) is 0 Å². The van der Waals surface area contributed by atoms with Gasteiger partial charge in [-0.2, -0.15) is 0 Å². The molecule has 0 bridgehead atoms. The molecular weight excluding hydrogens is 360 g/mol. The van der Waals surface area contributed by atoms with E-state index in [1.165, 1.54) is 44.1 Å². The maximum Gasteiger partial charge on any atom is 0.373 e. The van der Waals surface area contributed by atoms with Crippen LogP contribution in [0.1, 0.15) is 93.9 Å². The van der Waals surface area contributed by atoms with Crippen molar-refractivity contribution in [3.63, 3.8) is 0 Å². The van der Waals surface area contributed by atoms with Gasteiger partial charge < -0.3 is 5.11 Å². The van der Waals surface area contributed by atoms with Gasteiger partial charge in [0.15, 0.2) is 0 Å². The first-order valence-corrected chi connectivity index (χ1v) is 11.2. The highest BCUT2D eigenvalue weighted by Gasteiger charge is 2.14. The first-order valence-electron chi connectivity index (χ1n) is 11.2. The average molecular weight is 397 g/mol. The molecule has 0 unspecified atom stereocenters. The van der Waals surface area contributed by atoms with Crippen LogP contribution < -0.4 is 0 Å². The van der Waals surface area contributed by atoms with Crippen molar-refractivity contribution < 1.29 is 9.90 Å². The Morgan fingerprint density at radius 2 is 1.66 bits per heavy atom. The summed E-state index contributed by atoms with van der Waals surface area (Å²) in [7, 11) is 0. The quantitative estimate of drug-likeness (QED) is 0.382. The molecule has 0 saturated carbocycles. The van der Waals surface area contributed by atoms with Crippen LogP contribution >= 0.6 is 0 Å². The highest BCUT2D eigenvalue weighted by Crippen LogP contribution is 2.25. The van der Waals surface area contributed by atoms with Gasteiger partial charge in [-0.05, 0) is 36.3 Å². The van der Waals surface area contributed by atoms with Crippen LogP contribution in [0.3, 0.4) is 0 Å². The van der Waals surface area contributed by atoms with Crippen molar-refractivity contribution in [1.82, 2.24) is 9.97 Å². The molecule has 4 heteroatoms. The van der Waals surface area contributed by atoms with Crippen molar-refractivity contribution in [2.24, 2.45) is 5.92 Å². The van der Waals surface area contributed by atoms with E-state index in [0.717, 1.165) is 42.5 Å². The Morgan fingerprint density at radius 3 is 2.28 bits per heavy atom. The van der Waals surface area contributed by atoms with E-state index in [2.05, 4.69) is 55.0 Å². The standard InChI is InChI=1S/C25H36N2O2/c1-4-6-7-8-9-10-11-12-22-18-26-24(25(28)29)27-23(22)21-15-13-20(14-16-21)17-19(3)5-2/h13-16,18-19H,4-12,17H2,1-3H3,(H,28,29)/t19-/m0/s1. The fraction of sp³-hybridized carbons (Fsp3) is 0.560. The van der Waals surface area contributed by atoms with Gasteiger partial charge in [0.25, 0.3) is 0 Å². The van der Waals surface area contributed by atoms with E-state index < -0.39 is 5.97 Å². The molecule has 1 N–H and O–H groups in total. The van der Waals surface area contributed by atoms with Gasteiger partial charge in [0, 0.05) is 11.8 Å². The number of benzene rings is 1. The predicted octanol–water partition coefficient (Wildman–Crippen LogP) is 6.72. The zero-order chi connectivity index (χ0) is 21.1. The number of carbonyl (C=O) groups is 1. The molecule has 1 heterocycles. The van der Waals surface area contributed by atoms with Gasteiger partial charge in [-0.25, -0.2) is 14.8 Å². The molecule has 1 aromatic carbocycles. The lowest BCUT2D eigenvalue weighted by atomic mass is 9.96. The van der Waals surface area contributed by atoms with Crippen molar-refractivity contribution in [3.8, 4) is 11.3 Å². The number of aromatic nitrogens is 2. The molecule has 1 aromatic heterocycles. The van der Waals surface area contributed by atoms with Crippen LogP contribution in [0.15, 0.2) is 30.5 Å². The van der Waals surface area contributed by atoms with Crippen molar-refractivity contribution in [1.29, 1.82) is 0 Å². The molecular formula is C25H36N2O2. The fourth-order valence-electron chi connectivity index (χ4n) is 3.56. The molecule has 158 valence electrons. The Kier molecular flexibility index (Phi) is 9.82. The molecule has 1 atom stereocenters. The molecule has 2 aromatic rings. The number of hydrogen-bond acceptors (Lipinski definition) is 3. The summed E-state index contributed by atoms with van der Waals surface area (Å²) >= 11 is 0. The van der Waals surface area contributed by atoms with Crippen LogP contribution in [-0.4, -0.2) is 21.0 Å². The lowest BCUT2D eigenvalue weighted by molar-refractivity contribution is 0.0683. The number of unbranched alkanes of at least 4 members (excludes halogenated alkanes) is 6. The van der Waals surface area contributed by atoms with Gasteiger partial charge in [-0.15, -0.1) is 0 Å². The molecule has 4 nitrogen and oxygen atoms in total. The minimum absolute atomic E-state index is 0.132. The van der Waals surface area contributed by atoms with Crippen molar-refractivity contribution in [2.75, 3.05) is 0 Å². The van der Waals surface area contributed by atoms with E-state index in [1.54, 1.807) is 6.20 Å². The average Bonchev–Trinajstić information content (AvgIpc) is 2.73. The Hall–Kier alpha value is -2.23. The summed E-state index contributed by atoms with van der Waals surface area (Å²) in [4.78, 5) is 19.8. The number of hydrogen-bond donors (Lipinski definition) is 1. The second-order valence-electron chi connectivity index (χ2n) is 8.16. The third kappa shape index (κ3) is 7.60. The third-order valence-corrected chi connectivity index (χ3v) is 5.61. The minimum atomic E-state index is -1.08. The Bertz CT molecular complexity index is 756. The molecule has 0 aliphatic rings. The molecule has 0 aliphatic heterocycles. The maximum atomic E-state index is 11.4. The molecule has 0 saturated heterocycles. The van der Waals surface area contributed by atoms with Crippen LogP contribution in [0.25, 0.3) is 11.3 Å². The third-order valence-electron chi connectivity index (χ3n) is 5.61. The molecule has 2 rings (SSSR count). The number of carboxylic acid groups (broad SMARTS) is 1. The summed E-state index contributed by atoms with van der Waals surface area (Å²) in [5, 5.41) is 9.31. The first-order chi connectivity index (χ1) is 14.0. The van der Waals surface area contributed by atoms with Crippen LogP contribution in [0.4, 0.5) is 0 Å². The summed E-state index contributed by atoms with van der Waals surface area (Å²) < 4.78 is 0. The Morgan fingerprint density at radius 1 is 1.00 bits per heavy atom. The summed E-state index contributed by atoms with van der Waals surface area (Å²) in [5.74, 6) is -0.555. The van der Waals surface area contributed by atoms with Crippen LogP contribution in [0, 0.1) is 5.92 Å². The minimum Gasteiger partial charge on any atom is -0.475 e. The molecule has 0 spiro atoms. The summed E-state index contributed by atoms with van der Waals surface area (Å²) in [5.41, 5.74) is 4.08. The Labute approximate surface area is 175 Å². The van der Waals surface area contributed by atoms with Crippen molar-refractivity contribution in [3.05, 3.63) is 47.4 Å². The van der Waals surface area contributed by atoms with Crippen LogP contribution in [0.5, 0.6) is 0 Å². The van der Waals surface area contributed by atoms with Crippen molar-refractivity contribution >= 4 is 5.97 Å². The topological polar surface area (TPSA) is 63.1 Å². The Balaban J connectivity index is 2.09. The summed E-state index contributed by atoms with van der Waals surface area (Å²) in [6.45, 7) is 6.71. The number of carboxylic acids is 1. The van der Waals surface area contributed by atoms with Crippen LogP contribution in [-0.2, 0) is 12.8 Å². The lowest BCUT2D eigenvalue weighted by Gasteiger charge is -2.12. The highest BCUT2D eigenvalue weighted by atomic mass is 16.4. The normalized spacial score (nSPS) is 12.1. The SMILES string of the molecule is CCCCCCCCCc1cnc(C(=O)O)nc1-c1ccc(C[C@@H](C)CC)cc1.